The van der Waals surface area contributed by atoms with Gasteiger partial charge in [-0.1, -0.05) is 13.8 Å². The number of aromatic amines is 1. The molecule has 1 fully saturated rings. The molecule has 0 aliphatic heterocycles. The van der Waals surface area contributed by atoms with E-state index < -0.39 is 0 Å². The molecule has 2 N–H and O–H groups in total. The average Bonchev–Trinajstić information content (AvgIpc) is 2.92. The Morgan fingerprint density at radius 2 is 2.23 bits per heavy atom. The summed E-state index contributed by atoms with van der Waals surface area (Å²) in [5, 5.41) is 3.48. The van der Waals surface area contributed by atoms with Crippen LogP contribution < -0.4 is 10.9 Å². The first kappa shape index (κ1) is 14.8. The summed E-state index contributed by atoms with van der Waals surface area (Å²) in [6.45, 7) is 4.28. The molecule has 0 amide bonds. The molecule has 2 atom stereocenters. The quantitative estimate of drug-likeness (QED) is 0.910. The third-order valence-electron chi connectivity index (χ3n) is 4.24. The highest BCUT2D eigenvalue weighted by Crippen LogP contribution is 2.27. The molecule has 0 saturated heterocycles. The molecule has 0 aromatic carbocycles. The fourth-order valence-corrected chi connectivity index (χ4v) is 2.99. The average molecular weight is 298 g/mol. The van der Waals surface area contributed by atoms with Gasteiger partial charge in [-0.05, 0) is 43.7 Å². The van der Waals surface area contributed by atoms with Crippen LogP contribution in [0.15, 0.2) is 29.2 Å². The van der Waals surface area contributed by atoms with Crippen molar-refractivity contribution in [1.82, 2.24) is 15.0 Å². The molecule has 0 bridgehead atoms. The molecular formula is C17H22N4O. The second-order valence-electron chi connectivity index (χ2n) is 6.13. The van der Waals surface area contributed by atoms with Gasteiger partial charge < -0.3 is 10.3 Å². The lowest BCUT2D eigenvalue weighted by Crippen LogP contribution is -2.16. The van der Waals surface area contributed by atoms with Crippen LogP contribution in [0.3, 0.4) is 0 Å². The fourth-order valence-electron chi connectivity index (χ4n) is 2.99. The SMILES string of the molecule is CCc1cc(=O)[nH]c(-c2ccc(NC3CCC(C)C3)nc2)n1. The predicted octanol–water partition coefficient (Wildman–Crippen LogP) is 2.99. The Kier molecular flexibility index (Phi) is 4.22. The zero-order chi connectivity index (χ0) is 15.5. The number of rotatable bonds is 4. The van der Waals surface area contributed by atoms with E-state index in [4.69, 9.17) is 0 Å². The predicted molar refractivity (Wildman–Crippen MR) is 87.9 cm³/mol. The summed E-state index contributed by atoms with van der Waals surface area (Å²) in [4.78, 5) is 23.3. The molecule has 2 unspecified atom stereocenters. The highest BCUT2D eigenvalue weighted by atomic mass is 16.1. The topological polar surface area (TPSA) is 70.7 Å². The Morgan fingerprint density at radius 3 is 2.86 bits per heavy atom. The lowest BCUT2D eigenvalue weighted by Gasteiger charge is -2.13. The monoisotopic (exact) mass is 298 g/mol. The number of nitrogens with one attached hydrogen (secondary N) is 2. The summed E-state index contributed by atoms with van der Waals surface area (Å²) in [5.41, 5.74) is 1.50. The van der Waals surface area contributed by atoms with Gasteiger partial charge in [-0.15, -0.1) is 0 Å². The molecule has 5 heteroatoms. The van der Waals surface area contributed by atoms with Crippen LogP contribution in [0.25, 0.3) is 11.4 Å². The van der Waals surface area contributed by atoms with Crippen molar-refractivity contribution >= 4 is 5.82 Å². The van der Waals surface area contributed by atoms with Crippen LogP contribution >= 0.6 is 0 Å². The number of H-pyrrole nitrogens is 1. The second-order valence-corrected chi connectivity index (χ2v) is 6.13. The number of aromatic nitrogens is 3. The van der Waals surface area contributed by atoms with Crippen LogP contribution in [0.2, 0.25) is 0 Å². The van der Waals surface area contributed by atoms with Gasteiger partial charge in [0, 0.05) is 29.6 Å². The fraction of sp³-hybridized carbons (Fsp3) is 0.471. The van der Waals surface area contributed by atoms with Crippen LogP contribution in [-0.4, -0.2) is 21.0 Å². The van der Waals surface area contributed by atoms with Gasteiger partial charge >= 0.3 is 0 Å². The van der Waals surface area contributed by atoms with Crippen molar-refractivity contribution in [2.24, 2.45) is 5.92 Å². The molecule has 22 heavy (non-hydrogen) atoms. The summed E-state index contributed by atoms with van der Waals surface area (Å²) >= 11 is 0. The third-order valence-corrected chi connectivity index (χ3v) is 4.24. The van der Waals surface area contributed by atoms with Crippen LogP contribution in [0.4, 0.5) is 5.82 Å². The van der Waals surface area contributed by atoms with E-state index in [1.165, 1.54) is 25.3 Å². The number of hydrogen-bond donors (Lipinski definition) is 2. The maximum atomic E-state index is 11.6. The Hall–Kier alpha value is -2.17. The van der Waals surface area contributed by atoms with Crippen LogP contribution in [0.1, 0.15) is 38.8 Å². The van der Waals surface area contributed by atoms with Gasteiger partial charge in [0.1, 0.15) is 11.6 Å². The van der Waals surface area contributed by atoms with E-state index in [-0.39, 0.29) is 5.56 Å². The smallest absolute Gasteiger partial charge is 0.251 e. The Bertz CT molecular complexity index is 693. The highest BCUT2D eigenvalue weighted by molar-refractivity contribution is 5.56. The Morgan fingerprint density at radius 1 is 1.36 bits per heavy atom. The van der Waals surface area contributed by atoms with Crippen molar-refractivity contribution in [2.75, 3.05) is 5.32 Å². The van der Waals surface area contributed by atoms with E-state index in [0.717, 1.165) is 29.4 Å². The largest absolute Gasteiger partial charge is 0.367 e. The molecule has 1 saturated carbocycles. The molecule has 1 aliphatic carbocycles. The van der Waals surface area contributed by atoms with Crippen molar-refractivity contribution in [3.63, 3.8) is 0 Å². The van der Waals surface area contributed by atoms with Gasteiger partial charge in [-0.2, -0.15) is 0 Å². The number of nitrogens with zero attached hydrogens (tertiary/aromatic N) is 2. The van der Waals surface area contributed by atoms with Gasteiger partial charge in [0.25, 0.3) is 5.56 Å². The normalized spacial score (nSPS) is 21.0. The van der Waals surface area contributed by atoms with E-state index in [0.29, 0.717) is 11.9 Å². The van der Waals surface area contributed by atoms with Gasteiger partial charge in [0.2, 0.25) is 0 Å². The molecule has 1 aliphatic rings. The highest BCUT2D eigenvalue weighted by Gasteiger charge is 2.21. The van der Waals surface area contributed by atoms with Crippen LogP contribution in [-0.2, 0) is 6.42 Å². The number of pyridine rings is 1. The molecule has 2 aromatic heterocycles. The van der Waals surface area contributed by atoms with Crippen molar-refractivity contribution < 1.29 is 0 Å². The lowest BCUT2D eigenvalue weighted by molar-refractivity contribution is 0.602. The summed E-state index contributed by atoms with van der Waals surface area (Å²) < 4.78 is 0. The minimum Gasteiger partial charge on any atom is -0.367 e. The van der Waals surface area contributed by atoms with E-state index in [2.05, 4.69) is 27.2 Å². The summed E-state index contributed by atoms with van der Waals surface area (Å²) in [6, 6.07) is 5.96. The van der Waals surface area contributed by atoms with Crippen molar-refractivity contribution in [3.05, 3.63) is 40.4 Å². The number of anilines is 1. The maximum absolute atomic E-state index is 11.6. The van der Waals surface area contributed by atoms with E-state index in [9.17, 15) is 4.79 Å². The van der Waals surface area contributed by atoms with Crippen molar-refractivity contribution in [3.8, 4) is 11.4 Å². The number of aryl methyl sites for hydroxylation is 1. The molecule has 0 radical (unpaired) electrons. The van der Waals surface area contributed by atoms with Crippen molar-refractivity contribution in [1.29, 1.82) is 0 Å². The molecule has 5 nitrogen and oxygen atoms in total. The van der Waals surface area contributed by atoms with Crippen molar-refractivity contribution in [2.45, 2.75) is 45.6 Å². The standard InChI is InChI=1S/C17H22N4O/c1-3-13-9-16(22)21-17(20-13)12-5-7-15(18-10-12)19-14-6-4-11(2)8-14/h5,7,9-11,14H,3-4,6,8H2,1-2H3,(H,18,19)(H,20,21,22). The summed E-state index contributed by atoms with van der Waals surface area (Å²) in [5.74, 6) is 2.26. The molecule has 2 heterocycles. The van der Waals surface area contributed by atoms with Gasteiger partial charge in [0.15, 0.2) is 0 Å². The first-order valence-electron chi connectivity index (χ1n) is 7.97. The molecule has 0 spiro atoms. The van der Waals surface area contributed by atoms with Gasteiger partial charge in [-0.3, -0.25) is 4.79 Å². The maximum Gasteiger partial charge on any atom is 0.251 e. The van der Waals surface area contributed by atoms with E-state index in [1.54, 1.807) is 6.20 Å². The van der Waals surface area contributed by atoms with Crippen LogP contribution in [0.5, 0.6) is 0 Å². The first-order chi connectivity index (χ1) is 10.6. The van der Waals surface area contributed by atoms with E-state index in [1.807, 2.05) is 19.1 Å². The summed E-state index contributed by atoms with van der Waals surface area (Å²) in [6.07, 6.45) is 6.20. The van der Waals surface area contributed by atoms with Gasteiger partial charge in [-0.25, -0.2) is 9.97 Å². The first-order valence-corrected chi connectivity index (χ1v) is 7.97. The lowest BCUT2D eigenvalue weighted by atomic mass is 10.1. The van der Waals surface area contributed by atoms with E-state index >= 15 is 0 Å². The number of hydrogen-bond acceptors (Lipinski definition) is 4. The van der Waals surface area contributed by atoms with Crippen LogP contribution in [0, 0.1) is 5.92 Å². The third kappa shape index (κ3) is 3.35. The molecule has 3 rings (SSSR count). The molecule has 2 aromatic rings. The summed E-state index contributed by atoms with van der Waals surface area (Å²) in [7, 11) is 0. The Balaban J connectivity index is 1.76. The minimum absolute atomic E-state index is 0.121. The minimum atomic E-state index is -0.121. The zero-order valence-electron chi connectivity index (χ0n) is 13.1. The Labute approximate surface area is 130 Å². The molecule has 116 valence electrons. The van der Waals surface area contributed by atoms with Gasteiger partial charge in [0.05, 0.1) is 0 Å². The molecular weight excluding hydrogens is 276 g/mol. The second kappa shape index (κ2) is 6.30. The zero-order valence-corrected chi connectivity index (χ0v) is 13.1.